The van der Waals surface area contributed by atoms with Gasteiger partial charge in [0.15, 0.2) is 0 Å². The first-order chi connectivity index (χ1) is 16.2. The Hall–Kier alpha value is -3.14. The Bertz CT molecular complexity index is 1050. The van der Waals surface area contributed by atoms with E-state index in [9.17, 15) is 9.59 Å². The van der Waals surface area contributed by atoms with E-state index in [1.807, 2.05) is 51.1 Å². The van der Waals surface area contributed by atoms with Crippen molar-refractivity contribution >= 4 is 12.1 Å². The molecule has 1 aromatic heterocycles. The summed E-state index contributed by atoms with van der Waals surface area (Å²) in [6, 6.07) is 9.37. The average Bonchev–Trinajstić information content (AvgIpc) is 3.36. The summed E-state index contributed by atoms with van der Waals surface area (Å²) in [5.41, 5.74) is 0.0943. The minimum atomic E-state index is -0.557. The molecule has 3 heterocycles. The first kappa shape index (κ1) is 22.6. The minimum Gasteiger partial charge on any atom is -0.444 e. The molecule has 1 aliphatic carbocycles. The third kappa shape index (κ3) is 4.59. The number of urea groups is 1. The van der Waals surface area contributed by atoms with E-state index in [1.54, 1.807) is 4.90 Å². The van der Waals surface area contributed by atoms with Gasteiger partial charge in [-0.3, -0.25) is 4.84 Å². The van der Waals surface area contributed by atoms with E-state index in [4.69, 9.17) is 14.0 Å². The van der Waals surface area contributed by atoms with Crippen LogP contribution in [0.3, 0.4) is 0 Å². The van der Waals surface area contributed by atoms with Crippen molar-refractivity contribution in [2.75, 3.05) is 13.1 Å². The zero-order valence-corrected chi connectivity index (χ0v) is 19.8. The summed E-state index contributed by atoms with van der Waals surface area (Å²) >= 11 is 0. The van der Waals surface area contributed by atoms with E-state index in [1.165, 1.54) is 5.06 Å². The van der Waals surface area contributed by atoms with Crippen LogP contribution in [0, 0.1) is 0 Å². The highest BCUT2D eigenvalue weighted by atomic mass is 16.7. The Morgan fingerprint density at radius 2 is 1.97 bits per heavy atom. The largest absolute Gasteiger partial charge is 0.444 e. The lowest BCUT2D eigenvalue weighted by Gasteiger charge is -2.27. The first-order valence-electron chi connectivity index (χ1n) is 11.8. The van der Waals surface area contributed by atoms with E-state index in [0.29, 0.717) is 31.5 Å². The highest BCUT2D eigenvalue weighted by Crippen LogP contribution is 2.48. The van der Waals surface area contributed by atoms with Crippen molar-refractivity contribution in [3.63, 3.8) is 0 Å². The van der Waals surface area contributed by atoms with E-state index in [0.717, 1.165) is 31.2 Å². The number of carbonyl (C=O) groups is 2. The molecule has 3 fully saturated rings. The van der Waals surface area contributed by atoms with Crippen LogP contribution in [-0.4, -0.2) is 57.0 Å². The quantitative estimate of drug-likeness (QED) is 0.658. The van der Waals surface area contributed by atoms with E-state index < -0.39 is 11.7 Å². The van der Waals surface area contributed by atoms with E-state index in [-0.39, 0.29) is 23.5 Å². The van der Waals surface area contributed by atoms with Gasteiger partial charge in [-0.25, -0.2) is 9.59 Å². The van der Waals surface area contributed by atoms with Crippen LogP contribution in [0.2, 0.25) is 0 Å². The number of alkyl carbamates (subject to hydrolysis) is 1. The summed E-state index contributed by atoms with van der Waals surface area (Å²) in [5, 5.41) is 12.9. The van der Waals surface area contributed by atoms with Gasteiger partial charge < -0.3 is 19.4 Å². The molecule has 10 nitrogen and oxygen atoms in total. The maximum absolute atomic E-state index is 13.1. The van der Waals surface area contributed by atoms with Crippen LogP contribution in [0.5, 0.6) is 0 Å². The van der Waals surface area contributed by atoms with Crippen molar-refractivity contribution in [1.82, 2.24) is 25.5 Å². The fourth-order valence-corrected chi connectivity index (χ4v) is 4.53. The monoisotopic (exact) mass is 469 g/mol. The van der Waals surface area contributed by atoms with Crippen molar-refractivity contribution < 1.29 is 23.6 Å². The highest BCUT2D eigenvalue weighted by molar-refractivity contribution is 5.77. The normalized spacial score (nSPS) is 23.2. The van der Waals surface area contributed by atoms with Crippen LogP contribution in [0.4, 0.5) is 9.59 Å². The van der Waals surface area contributed by atoms with Crippen LogP contribution in [0.15, 0.2) is 34.7 Å². The number of amides is 3. The fraction of sp³-hybridized carbons (Fsp3) is 0.583. The van der Waals surface area contributed by atoms with Crippen molar-refractivity contribution in [2.45, 2.75) is 76.2 Å². The number of nitrogens with zero attached hydrogens (tertiary/aromatic N) is 4. The molecule has 2 aromatic rings. The lowest BCUT2D eigenvalue weighted by molar-refractivity contribution is -0.140. The SMILES string of the molecule is CC(C)(C)OC(=O)NCC1(c2nnc([C@@H]3CC[C@H]4CN3C(=O)N4OCc3ccccc3)o2)CC1. The number of hydrogen-bond acceptors (Lipinski definition) is 7. The van der Waals surface area contributed by atoms with Gasteiger partial charge in [0.2, 0.25) is 11.8 Å². The molecule has 2 aliphatic heterocycles. The van der Waals surface area contributed by atoms with Gasteiger partial charge in [-0.2, -0.15) is 5.06 Å². The molecule has 182 valence electrons. The molecule has 0 unspecified atom stereocenters. The van der Waals surface area contributed by atoms with Crippen molar-refractivity contribution in [2.24, 2.45) is 0 Å². The number of piperidine rings is 1. The summed E-state index contributed by atoms with van der Waals surface area (Å²) in [4.78, 5) is 32.8. The number of fused-ring (bicyclic) bond motifs is 2. The zero-order chi connectivity index (χ0) is 23.9. The van der Waals surface area contributed by atoms with Gasteiger partial charge in [-0.15, -0.1) is 10.2 Å². The number of rotatable bonds is 7. The standard InChI is InChI=1S/C24H31N5O5/c1-23(2,3)34-21(30)25-15-24(11-12-24)20-27-26-19(33-20)18-10-9-17-13-28(18)22(31)29(17)32-14-16-7-5-4-6-8-16/h4-8,17-18H,9-15H2,1-3H3,(H,25,30)/t17-,18-/m0/s1. The second-order valence-electron chi connectivity index (χ2n) is 10.3. The molecule has 3 aliphatic rings. The Kier molecular flexibility index (Phi) is 5.71. The third-order valence-electron chi connectivity index (χ3n) is 6.54. The number of aromatic nitrogens is 2. The van der Waals surface area contributed by atoms with Gasteiger partial charge in [0, 0.05) is 13.1 Å². The van der Waals surface area contributed by atoms with Gasteiger partial charge in [-0.1, -0.05) is 30.3 Å². The van der Waals surface area contributed by atoms with Gasteiger partial charge in [0.05, 0.1) is 11.5 Å². The number of nitrogens with one attached hydrogen (secondary N) is 1. The van der Waals surface area contributed by atoms with Gasteiger partial charge in [-0.05, 0) is 52.0 Å². The smallest absolute Gasteiger partial charge is 0.407 e. The molecule has 2 atom stereocenters. The average molecular weight is 470 g/mol. The van der Waals surface area contributed by atoms with E-state index in [2.05, 4.69) is 15.5 Å². The molecule has 1 aromatic carbocycles. The zero-order valence-electron chi connectivity index (χ0n) is 19.8. The fourth-order valence-electron chi connectivity index (χ4n) is 4.53. The van der Waals surface area contributed by atoms with E-state index >= 15 is 0 Å². The molecule has 10 heteroatoms. The Balaban J connectivity index is 1.21. The number of benzene rings is 1. The summed E-state index contributed by atoms with van der Waals surface area (Å²) < 4.78 is 11.4. The summed E-state index contributed by atoms with van der Waals surface area (Å²) in [6.45, 7) is 6.77. The molecule has 1 saturated carbocycles. The van der Waals surface area contributed by atoms with Gasteiger partial charge in [0.1, 0.15) is 18.2 Å². The van der Waals surface area contributed by atoms with Crippen LogP contribution < -0.4 is 5.32 Å². The molecule has 2 bridgehead atoms. The minimum absolute atomic E-state index is 0.0163. The van der Waals surface area contributed by atoms with Crippen LogP contribution in [0.1, 0.15) is 69.8 Å². The maximum atomic E-state index is 13.1. The predicted molar refractivity (Wildman–Crippen MR) is 120 cm³/mol. The second-order valence-corrected chi connectivity index (χ2v) is 10.3. The number of hydrogen-bond donors (Lipinski definition) is 1. The molecule has 34 heavy (non-hydrogen) atoms. The molecule has 2 saturated heterocycles. The van der Waals surface area contributed by atoms with Crippen LogP contribution >= 0.6 is 0 Å². The van der Waals surface area contributed by atoms with Crippen molar-refractivity contribution in [3.05, 3.63) is 47.7 Å². The molecular weight excluding hydrogens is 438 g/mol. The molecule has 0 spiro atoms. The molecule has 3 amide bonds. The van der Waals surface area contributed by atoms with Gasteiger partial charge in [0.25, 0.3) is 0 Å². The summed E-state index contributed by atoms with van der Waals surface area (Å²) in [7, 11) is 0. The van der Waals surface area contributed by atoms with Crippen molar-refractivity contribution in [1.29, 1.82) is 0 Å². The Labute approximate surface area is 198 Å². The lowest BCUT2D eigenvalue weighted by Crippen LogP contribution is -2.37. The second kappa shape index (κ2) is 8.57. The lowest BCUT2D eigenvalue weighted by atomic mass is 10.0. The maximum Gasteiger partial charge on any atom is 0.407 e. The molecule has 1 N–H and O–H groups in total. The number of carbonyl (C=O) groups excluding carboxylic acids is 2. The molecule has 0 radical (unpaired) electrons. The van der Waals surface area contributed by atoms with Crippen molar-refractivity contribution in [3.8, 4) is 0 Å². The Morgan fingerprint density at radius 1 is 1.21 bits per heavy atom. The number of ether oxygens (including phenoxy) is 1. The predicted octanol–water partition coefficient (Wildman–Crippen LogP) is 3.70. The van der Waals surface area contributed by atoms with Crippen LogP contribution in [0.25, 0.3) is 0 Å². The number of hydroxylamine groups is 2. The highest BCUT2D eigenvalue weighted by Gasteiger charge is 2.51. The third-order valence-corrected chi connectivity index (χ3v) is 6.54. The van der Waals surface area contributed by atoms with Crippen LogP contribution in [-0.2, 0) is 21.6 Å². The molecular formula is C24H31N5O5. The topological polar surface area (TPSA) is 110 Å². The molecule has 5 rings (SSSR count). The summed E-state index contributed by atoms with van der Waals surface area (Å²) in [5.74, 6) is 0.944. The van der Waals surface area contributed by atoms with Gasteiger partial charge >= 0.3 is 12.1 Å². The summed E-state index contributed by atoms with van der Waals surface area (Å²) in [6.07, 6.45) is 2.76. The first-order valence-corrected chi connectivity index (χ1v) is 11.8. The Morgan fingerprint density at radius 3 is 2.68 bits per heavy atom.